The minimum Gasteiger partial charge on any atom is -0.508 e. The maximum absolute atomic E-state index is 11.5. The van der Waals surface area contributed by atoms with Crippen molar-refractivity contribution in [3.05, 3.63) is 23.3 Å². The van der Waals surface area contributed by atoms with E-state index in [2.05, 4.69) is 19.6 Å². The van der Waals surface area contributed by atoms with E-state index in [4.69, 9.17) is 4.74 Å². The van der Waals surface area contributed by atoms with Crippen molar-refractivity contribution in [1.82, 2.24) is 0 Å². The lowest BCUT2D eigenvalue weighted by Crippen LogP contribution is -2.22. The zero-order chi connectivity index (χ0) is 23.7. The predicted octanol–water partition coefficient (Wildman–Crippen LogP) is 4.51. The fourth-order valence-electron chi connectivity index (χ4n) is 3.70. The minimum absolute atomic E-state index is 0.173. The van der Waals surface area contributed by atoms with Crippen LogP contribution < -0.4 is 4.74 Å². The number of hydrogen-bond donors (Lipinski definition) is 1. The Bertz CT molecular complexity index is 739. The number of carbonyl (C=O) groups is 2. The van der Waals surface area contributed by atoms with Crippen LogP contribution in [-0.2, 0) is 40.0 Å². The van der Waals surface area contributed by atoms with E-state index in [1.807, 2.05) is 33.8 Å². The van der Waals surface area contributed by atoms with E-state index in [0.717, 1.165) is 11.1 Å². The number of benzene rings is 1. The van der Waals surface area contributed by atoms with Crippen LogP contribution in [0, 0.1) is 0 Å². The highest BCUT2D eigenvalue weighted by Gasteiger charge is 2.30. The van der Waals surface area contributed by atoms with E-state index in [0.29, 0.717) is 31.4 Å². The summed E-state index contributed by atoms with van der Waals surface area (Å²) in [6.07, 6.45) is 3.00. The van der Waals surface area contributed by atoms with Gasteiger partial charge < -0.3 is 9.84 Å². The third-order valence-electron chi connectivity index (χ3n) is 5.49. The molecule has 0 atom stereocenters. The average Bonchev–Trinajstić information content (AvgIpc) is 2.67. The van der Waals surface area contributed by atoms with Gasteiger partial charge in [-0.3, -0.25) is 9.78 Å². The van der Waals surface area contributed by atoms with Crippen LogP contribution in [0.4, 0.5) is 0 Å². The molecule has 1 rings (SSSR count). The lowest BCUT2D eigenvalue weighted by Gasteiger charge is -2.31. The van der Waals surface area contributed by atoms with Crippen molar-refractivity contribution in [3.63, 3.8) is 0 Å². The van der Waals surface area contributed by atoms with Gasteiger partial charge in [-0.1, -0.05) is 27.7 Å². The molecule has 0 amide bonds. The van der Waals surface area contributed by atoms with E-state index < -0.39 is 17.4 Å². The summed E-state index contributed by atoms with van der Waals surface area (Å²) < 4.78 is 5.65. The molecule has 1 aromatic carbocycles. The summed E-state index contributed by atoms with van der Waals surface area (Å²) in [5, 5.41) is 10.8. The molecule has 0 radical (unpaired) electrons. The lowest BCUT2D eigenvalue weighted by atomic mass is 9.75. The van der Waals surface area contributed by atoms with Gasteiger partial charge in [0.1, 0.15) is 11.5 Å². The second kappa shape index (κ2) is 11.9. The number of aromatic hydroxyl groups is 1. The molecule has 176 valence electrons. The van der Waals surface area contributed by atoms with Gasteiger partial charge in [0.2, 0.25) is 0 Å². The Balaban J connectivity index is 2.98. The van der Waals surface area contributed by atoms with Crippen molar-refractivity contribution in [3.8, 4) is 11.5 Å². The van der Waals surface area contributed by atoms with E-state index in [9.17, 15) is 14.7 Å². The summed E-state index contributed by atoms with van der Waals surface area (Å²) in [5.74, 6) is 0.00226. The van der Waals surface area contributed by atoms with Crippen LogP contribution in [0.15, 0.2) is 12.1 Å². The van der Waals surface area contributed by atoms with Crippen LogP contribution >= 0.6 is 0 Å². The zero-order valence-corrected chi connectivity index (χ0v) is 19.7. The predicted molar refractivity (Wildman–Crippen MR) is 115 cm³/mol. The number of rotatable bonds is 13. The standard InChI is InChI=1S/C23H36O8/c1-22(2,12-8-10-20(25)30-28-6)16-15-19(27-5)17(14-18(16)24)23(3,4)13-9-11-21(26)31-29-7/h14-15,24H,8-13H2,1-7H3. The second-order valence-corrected chi connectivity index (χ2v) is 8.79. The van der Waals surface area contributed by atoms with Crippen LogP contribution in [0.25, 0.3) is 0 Å². The summed E-state index contributed by atoms with van der Waals surface area (Å²) in [4.78, 5) is 40.8. The largest absolute Gasteiger partial charge is 0.508 e. The molecule has 0 aliphatic rings. The Hall–Kier alpha value is -2.32. The summed E-state index contributed by atoms with van der Waals surface area (Å²) in [5.41, 5.74) is 0.864. The van der Waals surface area contributed by atoms with E-state index in [1.165, 1.54) is 14.2 Å². The van der Waals surface area contributed by atoms with Gasteiger partial charge in [-0.25, -0.2) is 9.59 Å². The normalized spacial score (nSPS) is 11.8. The SMILES string of the molecule is COOC(=O)CCCC(C)(C)c1cc(OC)c(C(C)(C)CCCC(=O)OOC)cc1O. The average molecular weight is 441 g/mol. The fourth-order valence-corrected chi connectivity index (χ4v) is 3.70. The lowest BCUT2D eigenvalue weighted by molar-refractivity contribution is -0.255. The highest BCUT2D eigenvalue weighted by Crippen LogP contribution is 2.43. The van der Waals surface area contributed by atoms with Crippen LogP contribution in [0.3, 0.4) is 0 Å². The third kappa shape index (κ3) is 8.03. The molecule has 0 aromatic heterocycles. The van der Waals surface area contributed by atoms with Gasteiger partial charge in [-0.15, -0.1) is 0 Å². The van der Waals surface area contributed by atoms with Crippen molar-refractivity contribution in [2.75, 3.05) is 21.3 Å². The zero-order valence-electron chi connectivity index (χ0n) is 19.7. The van der Waals surface area contributed by atoms with E-state index >= 15 is 0 Å². The number of phenols is 1. The molecular weight excluding hydrogens is 404 g/mol. The molecule has 0 aliphatic carbocycles. The molecule has 0 heterocycles. The van der Waals surface area contributed by atoms with Crippen LogP contribution in [0.2, 0.25) is 0 Å². The summed E-state index contributed by atoms with van der Waals surface area (Å²) in [6, 6.07) is 3.60. The topological polar surface area (TPSA) is 101 Å². The first-order valence-electron chi connectivity index (χ1n) is 10.4. The Morgan fingerprint density at radius 2 is 1.26 bits per heavy atom. The molecule has 0 saturated heterocycles. The molecular formula is C23H36O8. The number of phenolic OH excluding ortho intramolecular Hbond substituents is 1. The minimum atomic E-state index is -0.424. The van der Waals surface area contributed by atoms with Crippen molar-refractivity contribution >= 4 is 11.9 Å². The van der Waals surface area contributed by atoms with Gasteiger partial charge in [0.25, 0.3) is 0 Å². The number of hydrogen-bond acceptors (Lipinski definition) is 8. The fraction of sp³-hybridized carbons (Fsp3) is 0.652. The van der Waals surface area contributed by atoms with Crippen LogP contribution in [0.1, 0.15) is 77.3 Å². The first-order chi connectivity index (χ1) is 14.5. The summed E-state index contributed by atoms with van der Waals surface area (Å²) >= 11 is 0. The Kier molecular flexibility index (Phi) is 10.3. The Morgan fingerprint density at radius 3 is 1.68 bits per heavy atom. The van der Waals surface area contributed by atoms with Gasteiger partial charge >= 0.3 is 11.9 Å². The molecule has 8 heteroatoms. The van der Waals surface area contributed by atoms with Crippen LogP contribution in [0.5, 0.6) is 11.5 Å². The van der Waals surface area contributed by atoms with Crippen molar-refractivity contribution in [1.29, 1.82) is 0 Å². The molecule has 0 fully saturated rings. The molecule has 31 heavy (non-hydrogen) atoms. The van der Waals surface area contributed by atoms with Crippen molar-refractivity contribution in [2.45, 2.75) is 77.0 Å². The maximum Gasteiger partial charge on any atom is 0.342 e. The molecule has 0 unspecified atom stereocenters. The number of carbonyl (C=O) groups excluding carboxylic acids is 2. The van der Waals surface area contributed by atoms with Crippen molar-refractivity contribution in [2.24, 2.45) is 0 Å². The first kappa shape index (κ1) is 26.7. The van der Waals surface area contributed by atoms with Gasteiger partial charge in [0, 0.05) is 24.0 Å². The number of ether oxygens (including phenoxy) is 1. The molecule has 8 nitrogen and oxygen atoms in total. The Morgan fingerprint density at radius 1 is 0.806 bits per heavy atom. The summed E-state index contributed by atoms with van der Waals surface area (Å²) in [6.45, 7) is 8.10. The van der Waals surface area contributed by atoms with Crippen molar-refractivity contribution < 1.29 is 39.0 Å². The van der Waals surface area contributed by atoms with Gasteiger partial charge in [-0.2, -0.15) is 9.78 Å². The van der Waals surface area contributed by atoms with E-state index in [1.54, 1.807) is 13.2 Å². The highest BCUT2D eigenvalue weighted by molar-refractivity contribution is 5.69. The molecule has 1 N–H and O–H groups in total. The van der Waals surface area contributed by atoms with Gasteiger partial charge in [-0.05, 0) is 48.6 Å². The van der Waals surface area contributed by atoms with Crippen LogP contribution in [-0.4, -0.2) is 38.4 Å². The van der Waals surface area contributed by atoms with Gasteiger partial charge in [0.05, 0.1) is 21.3 Å². The first-order valence-corrected chi connectivity index (χ1v) is 10.4. The van der Waals surface area contributed by atoms with Gasteiger partial charge in [0.15, 0.2) is 0 Å². The molecule has 0 aliphatic heterocycles. The quantitative estimate of drug-likeness (QED) is 0.353. The third-order valence-corrected chi connectivity index (χ3v) is 5.49. The molecule has 0 spiro atoms. The molecule has 1 aromatic rings. The maximum atomic E-state index is 11.5. The molecule has 0 bridgehead atoms. The smallest absolute Gasteiger partial charge is 0.342 e. The highest BCUT2D eigenvalue weighted by atomic mass is 17.2. The second-order valence-electron chi connectivity index (χ2n) is 8.79. The molecule has 0 saturated carbocycles. The monoisotopic (exact) mass is 440 g/mol. The van der Waals surface area contributed by atoms with E-state index in [-0.39, 0.29) is 24.0 Å². The number of methoxy groups -OCH3 is 1. The summed E-state index contributed by atoms with van der Waals surface area (Å²) in [7, 11) is 4.18. The Labute approximate surface area is 184 Å².